The van der Waals surface area contributed by atoms with Crippen LogP contribution in [0.4, 0.5) is 10.1 Å². The summed E-state index contributed by atoms with van der Waals surface area (Å²) < 4.78 is 18.1. The summed E-state index contributed by atoms with van der Waals surface area (Å²) in [6, 6.07) is 6.12. The van der Waals surface area contributed by atoms with E-state index in [1.807, 2.05) is 20.8 Å². The number of halogens is 2. The molecule has 0 aliphatic carbocycles. The topological polar surface area (TPSA) is 64.7 Å². The molecule has 0 aliphatic heterocycles. The lowest BCUT2D eigenvalue weighted by atomic mass is 10.2. The summed E-state index contributed by atoms with van der Waals surface area (Å²) in [4.78, 5) is 12.7. The van der Waals surface area contributed by atoms with Gasteiger partial charge in [0.25, 0.3) is 0 Å². The molecule has 0 spiro atoms. The van der Waals surface area contributed by atoms with E-state index in [-0.39, 0.29) is 11.7 Å². The Morgan fingerprint density at radius 2 is 1.96 bits per heavy atom. The van der Waals surface area contributed by atoms with Crippen molar-refractivity contribution in [3.63, 3.8) is 0 Å². The predicted octanol–water partition coefficient (Wildman–Crippen LogP) is 4.15. The van der Waals surface area contributed by atoms with Crippen LogP contribution in [0.2, 0.25) is 0 Å². The van der Waals surface area contributed by atoms with Crippen LogP contribution in [0.25, 0.3) is 0 Å². The molecule has 0 radical (unpaired) electrons. The molecular weight excluding hydrogens is 413 g/mol. The lowest BCUT2D eigenvalue weighted by molar-refractivity contribution is -0.119. The van der Waals surface area contributed by atoms with Crippen molar-refractivity contribution in [3.05, 3.63) is 63.4 Å². The number of hydrogen-bond donors (Lipinski definition) is 1. The number of carbonyl (C=O) groups excluding carboxylic acids is 1. The third-order valence-corrected chi connectivity index (χ3v) is 5.42. The van der Waals surface area contributed by atoms with E-state index in [4.69, 9.17) is 0 Å². The lowest BCUT2D eigenvalue weighted by Crippen LogP contribution is -2.25. The molecule has 3 rings (SSSR count). The average Bonchev–Trinajstić information content (AvgIpc) is 3.10. The highest BCUT2D eigenvalue weighted by Crippen LogP contribution is 2.24. The Morgan fingerprint density at radius 1 is 1.26 bits per heavy atom. The maximum absolute atomic E-state index is 13.9. The second-order valence-electron chi connectivity index (χ2n) is 6.48. The largest absolute Gasteiger partial charge is 0.321 e. The summed E-state index contributed by atoms with van der Waals surface area (Å²) in [5, 5.41) is 11.6. The predicted molar refractivity (Wildman–Crippen MR) is 105 cm³/mol. The Kier molecular flexibility index (Phi) is 5.46. The first-order valence-electron chi connectivity index (χ1n) is 8.57. The highest BCUT2D eigenvalue weighted by Gasteiger charge is 2.22. The zero-order chi connectivity index (χ0) is 19.7. The number of anilines is 1. The summed E-state index contributed by atoms with van der Waals surface area (Å²) >= 11 is 3.41. The maximum Gasteiger partial charge on any atom is 0.249 e. The summed E-state index contributed by atoms with van der Waals surface area (Å²) in [5.41, 5.74) is 3.53. The summed E-state index contributed by atoms with van der Waals surface area (Å²) in [7, 11) is 0. The lowest BCUT2D eigenvalue weighted by Gasteiger charge is -2.15. The number of amides is 1. The number of aromatic nitrogens is 4. The Morgan fingerprint density at radius 3 is 2.59 bits per heavy atom. The Bertz CT molecular complexity index is 994. The highest BCUT2D eigenvalue weighted by molar-refractivity contribution is 9.10. The molecule has 8 heteroatoms. The molecule has 0 fully saturated rings. The van der Waals surface area contributed by atoms with Gasteiger partial charge in [-0.05, 0) is 49.7 Å². The van der Waals surface area contributed by atoms with E-state index in [0.29, 0.717) is 23.5 Å². The minimum atomic E-state index is -0.481. The first kappa shape index (κ1) is 19.3. The molecule has 0 saturated heterocycles. The second-order valence-corrected chi connectivity index (χ2v) is 7.34. The SMILES string of the molecule is Cc1nn(Cc2ccccc2F)c(C)c1NC(=O)C(C)n1ncc(Br)c1C. The van der Waals surface area contributed by atoms with Gasteiger partial charge in [0.05, 0.1) is 40.0 Å². The van der Waals surface area contributed by atoms with Gasteiger partial charge in [0.1, 0.15) is 11.9 Å². The zero-order valence-electron chi connectivity index (χ0n) is 15.6. The maximum atomic E-state index is 13.9. The van der Waals surface area contributed by atoms with Crippen LogP contribution in [0, 0.1) is 26.6 Å². The van der Waals surface area contributed by atoms with Crippen molar-refractivity contribution in [2.24, 2.45) is 0 Å². The minimum Gasteiger partial charge on any atom is -0.321 e. The number of carbonyl (C=O) groups is 1. The van der Waals surface area contributed by atoms with E-state index in [1.54, 1.807) is 40.7 Å². The number of nitrogens with one attached hydrogen (secondary N) is 1. The second kappa shape index (κ2) is 7.64. The van der Waals surface area contributed by atoms with Crippen molar-refractivity contribution in [1.82, 2.24) is 19.6 Å². The first-order valence-corrected chi connectivity index (χ1v) is 9.36. The molecule has 2 aromatic heterocycles. The van der Waals surface area contributed by atoms with E-state index >= 15 is 0 Å². The van der Waals surface area contributed by atoms with Gasteiger partial charge >= 0.3 is 0 Å². The quantitative estimate of drug-likeness (QED) is 0.656. The van der Waals surface area contributed by atoms with E-state index < -0.39 is 6.04 Å². The van der Waals surface area contributed by atoms with Crippen molar-refractivity contribution < 1.29 is 9.18 Å². The first-order chi connectivity index (χ1) is 12.8. The minimum absolute atomic E-state index is 0.189. The summed E-state index contributed by atoms with van der Waals surface area (Å²) in [6.07, 6.45) is 1.67. The molecular formula is C19H21BrFN5O. The molecule has 1 aromatic carbocycles. The zero-order valence-corrected chi connectivity index (χ0v) is 17.2. The normalized spacial score (nSPS) is 12.2. The number of nitrogens with zero attached hydrogens (tertiary/aromatic N) is 4. The molecule has 1 unspecified atom stereocenters. The Hall–Kier alpha value is -2.48. The van der Waals surface area contributed by atoms with Crippen LogP contribution in [-0.2, 0) is 11.3 Å². The molecule has 3 aromatic rings. The van der Waals surface area contributed by atoms with Crippen molar-refractivity contribution in [1.29, 1.82) is 0 Å². The number of rotatable bonds is 5. The number of aryl methyl sites for hydroxylation is 1. The van der Waals surface area contributed by atoms with Crippen LogP contribution in [0.1, 0.15) is 35.6 Å². The van der Waals surface area contributed by atoms with Crippen molar-refractivity contribution in [3.8, 4) is 0 Å². The third kappa shape index (κ3) is 3.80. The molecule has 1 N–H and O–H groups in total. The van der Waals surface area contributed by atoms with Crippen LogP contribution in [0.3, 0.4) is 0 Å². The summed E-state index contributed by atoms with van der Waals surface area (Å²) in [5.74, 6) is -0.464. The van der Waals surface area contributed by atoms with E-state index in [9.17, 15) is 9.18 Å². The number of benzene rings is 1. The van der Waals surface area contributed by atoms with Crippen molar-refractivity contribution in [2.75, 3.05) is 5.32 Å². The van der Waals surface area contributed by atoms with Crippen LogP contribution < -0.4 is 5.32 Å². The molecule has 2 heterocycles. The fourth-order valence-electron chi connectivity index (χ4n) is 2.95. The highest BCUT2D eigenvalue weighted by atomic mass is 79.9. The third-order valence-electron chi connectivity index (χ3n) is 4.64. The standard InChI is InChI=1S/C19H21BrFN5O/c1-11-18(23-19(27)14(4)26-12(2)16(20)9-22-26)13(3)25(24-11)10-15-7-5-6-8-17(15)21/h5-9,14H,10H2,1-4H3,(H,23,27). The average molecular weight is 434 g/mol. The van der Waals surface area contributed by atoms with E-state index in [0.717, 1.165) is 15.9 Å². The number of hydrogen-bond acceptors (Lipinski definition) is 3. The molecule has 27 heavy (non-hydrogen) atoms. The molecule has 0 bridgehead atoms. The summed E-state index contributed by atoms with van der Waals surface area (Å²) in [6.45, 7) is 7.66. The Labute approximate surface area is 165 Å². The monoisotopic (exact) mass is 433 g/mol. The van der Waals surface area contributed by atoms with Gasteiger partial charge in [-0.25, -0.2) is 4.39 Å². The molecule has 0 aliphatic rings. The van der Waals surface area contributed by atoms with Gasteiger partial charge in [0.2, 0.25) is 5.91 Å². The van der Waals surface area contributed by atoms with Gasteiger partial charge in [0, 0.05) is 5.56 Å². The van der Waals surface area contributed by atoms with Crippen LogP contribution in [0.5, 0.6) is 0 Å². The van der Waals surface area contributed by atoms with E-state index in [2.05, 4.69) is 31.4 Å². The van der Waals surface area contributed by atoms with Gasteiger partial charge in [-0.3, -0.25) is 14.2 Å². The fraction of sp³-hybridized carbons (Fsp3) is 0.316. The van der Waals surface area contributed by atoms with Crippen molar-refractivity contribution >= 4 is 27.5 Å². The molecule has 1 amide bonds. The molecule has 6 nitrogen and oxygen atoms in total. The van der Waals surface area contributed by atoms with Gasteiger partial charge in [-0.2, -0.15) is 10.2 Å². The van der Waals surface area contributed by atoms with Crippen LogP contribution >= 0.6 is 15.9 Å². The van der Waals surface area contributed by atoms with Gasteiger partial charge < -0.3 is 5.32 Å². The molecule has 142 valence electrons. The van der Waals surface area contributed by atoms with Crippen LogP contribution in [-0.4, -0.2) is 25.5 Å². The van der Waals surface area contributed by atoms with Crippen molar-refractivity contribution in [2.45, 2.75) is 40.3 Å². The smallest absolute Gasteiger partial charge is 0.249 e. The van der Waals surface area contributed by atoms with Gasteiger partial charge in [0.15, 0.2) is 0 Å². The van der Waals surface area contributed by atoms with Crippen LogP contribution in [0.15, 0.2) is 34.9 Å². The van der Waals surface area contributed by atoms with E-state index in [1.165, 1.54) is 6.07 Å². The van der Waals surface area contributed by atoms with Gasteiger partial charge in [-0.1, -0.05) is 18.2 Å². The molecule has 1 atom stereocenters. The van der Waals surface area contributed by atoms with Gasteiger partial charge in [-0.15, -0.1) is 0 Å². The fourth-order valence-corrected chi connectivity index (χ4v) is 3.22. The molecule has 0 saturated carbocycles. The Balaban J connectivity index is 1.81.